The molecule has 0 aromatic heterocycles. The number of aliphatic hydroxyl groups is 2. The highest BCUT2D eigenvalue weighted by atomic mass is 16.3. The molecule has 0 saturated heterocycles. The summed E-state index contributed by atoms with van der Waals surface area (Å²) < 4.78 is 0. The molecule has 1 aliphatic heterocycles. The van der Waals surface area contributed by atoms with E-state index in [0.717, 1.165) is 12.1 Å². The Kier molecular flexibility index (Phi) is 2.20. The second-order valence-electron chi connectivity index (χ2n) is 3.36. The van der Waals surface area contributed by atoms with E-state index in [9.17, 15) is 5.11 Å². The highest BCUT2D eigenvalue weighted by Gasteiger charge is 2.25. The van der Waals surface area contributed by atoms with Crippen LogP contribution < -0.4 is 5.32 Å². The van der Waals surface area contributed by atoms with Gasteiger partial charge in [-0.15, -0.1) is 0 Å². The predicted octanol–water partition coefficient (Wildman–Crippen LogP) is 0.376. The lowest BCUT2D eigenvalue weighted by molar-refractivity contribution is 0.0812. The highest BCUT2D eigenvalue weighted by Crippen LogP contribution is 2.26. The van der Waals surface area contributed by atoms with E-state index in [2.05, 4.69) is 5.32 Å². The summed E-state index contributed by atoms with van der Waals surface area (Å²) in [6.07, 6.45) is 0.116. The number of fused-ring (bicyclic) bond motifs is 1. The number of benzene rings is 1. The summed E-state index contributed by atoms with van der Waals surface area (Å²) in [5.41, 5.74) is 2.28. The zero-order chi connectivity index (χ0) is 9.26. The van der Waals surface area contributed by atoms with Crippen molar-refractivity contribution in [1.29, 1.82) is 0 Å². The topological polar surface area (TPSA) is 52.5 Å². The zero-order valence-corrected chi connectivity index (χ0v) is 7.27. The number of nitrogens with one attached hydrogen (secondary N) is 1. The van der Waals surface area contributed by atoms with Crippen LogP contribution in [-0.4, -0.2) is 29.0 Å². The highest BCUT2D eigenvalue weighted by molar-refractivity contribution is 5.56. The third kappa shape index (κ3) is 1.53. The molecular formula is C10H13NO2. The average Bonchev–Trinajstić information content (AvgIpc) is 2.59. The summed E-state index contributed by atoms with van der Waals surface area (Å²) in [5, 5.41) is 21.4. The first-order chi connectivity index (χ1) is 6.31. The van der Waals surface area contributed by atoms with E-state index in [1.165, 1.54) is 5.56 Å². The molecule has 0 spiro atoms. The molecule has 1 heterocycles. The number of rotatable bonds is 2. The van der Waals surface area contributed by atoms with Crippen molar-refractivity contribution < 1.29 is 10.2 Å². The number of hydrogen-bond acceptors (Lipinski definition) is 3. The van der Waals surface area contributed by atoms with Gasteiger partial charge in [-0.25, -0.2) is 0 Å². The maximum atomic E-state index is 9.42. The largest absolute Gasteiger partial charge is 0.394 e. The number of hydrogen-bond donors (Lipinski definition) is 3. The van der Waals surface area contributed by atoms with Crippen molar-refractivity contribution in [2.75, 3.05) is 11.9 Å². The van der Waals surface area contributed by atoms with Gasteiger partial charge in [0.25, 0.3) is 0 Å². The van der Waals surface area contributed by atoms with Crippen molar-refractivity contribution in [3.05, 3.63) is 29.8 Å². The minimum Gasteiger partial charge on any atom is -0.394 e. The molecule has 0 amide bonds. The van der Waals surface area contributed by atoms with Crippen LogP contribution in [0.2, 0.25) is 0 Å². The van der Waals surface area contributed by atoms with Gasteiger partial charge in [0.15, 0.2) is 0 Å². The van der Waals surface area contributed by atoms with Crippen LogP contribution in [0.3, 0.4) is 0 Å². The molecule has 1 aliphatic rings. The molecule has 3 nitrogen and oxygen atoms in total. The summed E-state index contributed by atoms with van der Waals surface area (Å²) in [4.78, 5) is 0. The number of anilines is 1. The fourth-order valence-corrected chi connectivity index (χ4v) is 1.69. The average molecular weight is 179 g/mol. The fraction of sp³-hybridized carbons (Fsp3) is 0.400. The maximum absolute atomic E-state index is 9.42. The molecule has 0 saturated carbocycles. The van der Waals surface area contributed by atoms with Gasteiger partial charge in [-0.2, -0.15) is 0 Å². The minimum atomic E-state index is -0.674. The Hall–Kier alpha value is -1.06. The summed E-state index contributed by atoms with van der Waals surface area (Å²) in [6, 6.07) is 7.92. The van der Waals surface area contributed by atoms with Crippen LogP contribution in [-0.2, 0) is 6.42 Å². The van der Waals surface area contributed by atoms with E-state index in [1.807, 2.05) is 24.3 Å². The molecule has 0 radical (unpaired) electrons. The van der Waals surface area contributed by atoms with Crippen LogP contribution in [0.15, 0.2) is 24.3 Å². The Labute approximate surface area is 77.0 Å². The lowest BCUT2D eigenvalue weighted by Crippen LogP contribution is -2.34. The first-order valence-corrected chi connectivity index (χ1v) is 4.44. The van der Waals surface area contributed by atoms with Gasteiger partial charge < -0.3 is 15.5 Å². The molecule has 3 heteroatoms. The molecule has 2 rings (SSSR count). The quantitative estimate of drug-likeness (QED) is 0.615. The van der Waals surface area contributed by atoms with E-state index in [1.54, 1.807) is 0 Å². The summed E-state index contributed by atoms with van der Waals surface area (Å²) in [7, 11) is 0. The van der Waals surface area contributed by atoms with Crippen LogP contribution in [0.25, 0.3) is 0 Å². The first-order valence-electron chi connectivity index (χ1n) is 4.44. The van der Waals surface area contributed by atoms with Gasteiger partial charge in [0.05, 0.1) is 18.8 Å². The Bertz CT molecular complexity index is 276. The number of aliphatic hydroxyl groups excluding tert-OH is 2. The van der Waals surface area contributed by atoms with E-state index in [-0.39, 0.29) is 12.6 Å². The van der Waals surface area contributed by atoms with Gasteiger partial charge in [0.2, 0.25) is 0 Å². The molecule has 70 valence electrons. The summed E-state index contributed by atoms with van der Waals surface area (Å²) in [5.74, 6) is 0. The van der Waals surface area contributed by atoms with E-state index in [4.69, 9.17) is 5.11 Å². The van der Waals surface area contributed by atoms with Crippen molar-refractivity contribution in [3.63, 3.8) is 0 Å². The van der Waals surface area contributed by atoms with Crippen LogP contribution in [0.5, 0.6) is 0 Å². The van der Waals surface area contributed by atoms with Gasteiger partial charge in [0.1, 0.15) is 0 Å². The third-order valence-corrected chi connectivity index (χ3v) is 2.45. The minimum absolute atomic E-state index is 0.0394. The van der Waals surface area contributed by atoms with Crippen LogP contribution in [0.4, 0.5) is 5.69 Å². The van der Waals surface area contributed by atoms with Gasteiger partial charge >= 0.3 is 0 Å². The van der Waals surface area contributed by atoms with Gasteiger partial charge in [0, 0.05) is 5.69 Å². The van der Waals surface area contributed by atoms with Crippen molar-refractivity contribution in [2.24, 2.45) is 0 Å². The van der Waals surface area contributed by atoms with Gasteiger partial charge in [-0.3, -0.25) is 0 Å². The smallest absolute Gasteiger partial charge is 0.0974 e. The Morgan fingerprint density at radius 2 is 2.23 bits per heavy atom. The van der Waals surface area contributed by atoms with Crippen LogP contribution in [0.1, 0.15) is 5.56 Å². The third-order valence-electron chi connectivity index (χ3n) is 2.45. The van der Waals surface area contributed by atoms with Crippen molar-refractivity contribution in [2.45, 2.75) is 18.6 Å². The molecule has 2 atom stereocenters. The lowest BCUT2D eigenvalue weighted by atomic mass is 10.1. The van der Waals surface area contributed by atoms with Crippen molar-refractivity contribution in [1.82, 2.24) is 0 Å². The first kappa shape index (κ1) is 8.53. The van der Waals surface area contributed by atoms with E-state index >= 15 is 0 Å². The standard InChI is InChI=1S/C10H13NO2/c12-6-10(13)9-5-7-3-1-2-4-8(7)11-9/h1-4,9-13H,5-6H2. The second-order valence-corrected chi connectivity index (χ2v) is 3.36. The normalized spacial score (nSPS) is 22.2. The van der Waals surface area contributed by atoms with Gasteiger partial charge in [-0.1, -0.05) is 18.2 Å². The molecule has 2 unspecified atom stereocenters. The summed E-state index contributed by atoms with van der Waals surface area (Å²) in [6.45, 7) is -0.189. The van der Waals surface area contributed by atoms with Crippen molar-refractivity contribution in [3.8, 4) is 0 Å². The Morgan fingerprint density at radius 3 is 2.92 bits per heavy atom. The number of para-hydroxylation sites is 1. The van der Waals surface area contributed by atoms with Crippen LogP contribution in [0, 0.1) is 0 Å². The molecule has 0 fully saturated rings. The second kappa shape index (κ2) is 3.36. The molecule has 3 N–H and O–H groups in total. The summed E-state index contributed by atoms with van der Waals surface area (Å²) >= 11 is 0. The van der Waals surface area contributed by atoms with Crippen molar-refractivity contribution >= 4 is 5.69 Å². The van der Waals surface area contributed by atoms with E-state index in [0.29, 0.717) is 0 Å². The molecule has 13 heavy (non-hydrogen) atoms. The Balaban J connectivity index is 2.14. The monoisotopic (exact) mass is 179 g/mol. The molecule has 1 aromatic rings. The maximum Gasteiger partial charge on any atom is 0.0974 e. The molecule has 1 aromatic carbocycles. The lowest BCUT2D eigenvalue weighted by Gasteiger charge is -2.15. The molecule has 0 aliphatic carbocycles. The van der Waals surface area contributed by atoms with Crippen LogP contribution >= 0.6 is 0 Å². The molecule has 0 bridgehead atoms. The van der Waals surface area contributed by atoms with Gasteiger partial charge in [-0.05, 0) is 18.1 Å². The molecular weight excluding hydrogens is 166 g/mol. The van der Waals surface area contributed by atoms with E-state index < -0.39 is 6.10 Å². The SMILES string of the molecule is OCC(O)C1Cc2ccccc2N1. The Morgan fingerprint density at radius 1 is 1.46 bits per heavy atom. The fourth-order valence-electron chi connectivity index (χ4n) is 1.69. The predicted molar refractivity (Wildman–Crippen MR) is 50.6 cm³/mol. The zero-order valence-electron chi connectivity index (χ0n) is 7.27.